The van der Waals surface area contributed by atoms with Crippen molar-refractivity contribution in [2.24, 2.45) is 0 Å². The zero-order valence-electron chi connectivity index (χ0n) is 14.7. The molecule has 0 amide bonds. The first-order valence-electron chi connectivity index (χ1n) is 9.37. The van der Waals surface area contributed by atoms with Gasteiger partial charge in [-0.1, -0.05) is 0 Å². The monoisotopic (exact) mass is 339 g/mol. The second-order valence-corrected chi connectivity index (χ2v) is 7.28. The van der Waals surface area contributed by atoms with Crippen LogP contribution in [0.15, 0.2) is 23.1 Å². The van der Waals surface area contributed by atoms with E-state index in [1.165, 1.54) is 18.4 Å². The summed E-state index contributed by atoms with van der Waals surface area (Å²) in [6.07, 6.45) is 10.1. The zero-order valence-corrected chi connectivity index (χ0v) is 14.7. The molecule has 25 heavy (non-hydrogen) atoms. The smallest absolute Gasteiger partial charge is 0.267 e. The molecule has 0 bridgehead atoms. The fourth-order valence-electron chi connectivity index (χ4n) is 4.00. The van der Waals surface area contributed by atoms with Gasteiger partial charge in [-0.15, -0.1) is 0 Å². The number of aromatic nitrogens is 4. The Balaban J connectivity index is 1.43. The lowest BCUT2D eigenvalue weighted by Gasteiger charge is -2.30. The molecule has 1 fully saturated rings. The summed E-state index contributed by atoms with van der Waals surface area (Å²) in [6, 6.07) is 4.31. The summed E-state index contributed by atoms with van der Waals surface area (Å²) in [5.74, 6) is 0.701. The summed E-state index contributed by atoms with van der Waals surface area (Å²) in [4.78, 5) is 21.2. The van der Waals surface area contributed by atoms with Crippen LogP contribution >= 0.6 is 0 Å². The van der Waals surface area contributed by atoms with Crippen LogP contribution in [0.3, 0.4) is 0 Å². The lowest BCUT2D eigenvalue weighted by molar-refractivity contribution is 0.300. The van der Waals surface area contributed by atoms with Gasteiger partial charge >= 0.3 is 0 Å². The van der Waals surface area contributed by atoms with Crippen LogP contribution in [0.5, 0.6) is 0 Å². The van der Waals surface area contributed by atoms with E-state index in [2.05, 4.69) is 15.3 Å². The fraction of sp³-hybridized carbons (Fsp3) is 0.579. The molecule has 6 heteroatoms. The Kier molecular flexibility index (Phi) is 4.51. The van der Waals surface area contributed by atoms with Crippen molar-refractivity contribution in [1.82, 2.24) is 19.7 Å². The highest BCUT2D eigenvalue weighted by atomic mass is 16.1. The van der Waals surface area contributed by atoms with E-state index in [-0.39, 0.29) is 11.6 Å². The van der Waals surface area contributed by atoms with Crippen LogP contribution < -0.4 is 10.9 Å². The van der Waals surface area contributed by atoms with Gasteiger partial charge < -0.3 is 5.32 Å². The molecular weight excluding hydrogens is 314 g/mol. The highest BCUT2D eigenvalue weighted by Crippen LogP contribution is 2.29. The number of anilines is 1. The van der Waals surface area contributed by atoms with Crippen LogP contribution in [0.25, 0.3) is 0 Å². The average Bonchev–Trinajstić information content (AvgIpc) is 2.62. The Bertz CT molecular complexity index is 808. The molecule has 0 radical (unpaired) electrons. The maximum absolute atomic E-state index is 12.5. The quantitative estimate of drug-likeness (QED) is 0.931. The first-order chi connectivity index (χ1) is 12.2. The number of rotatable bonds is 3. The van der Waals surface area contributed by atoms with E-state index in [1.807, 2.05) is 19.1 Å². The van der Waals surface area contributed by atoms with E-state index >= 15 is 0 Å². The first kappa shape index (κ1) is 16.2. The summed E-state index contributed by atoms with van der Waals surface area (Å²) in [6.45, 7) is 1.97. The van der Waals surface area contributed by atoms with Gasteiger partial charge in [-0.25, -0.2) is 14.6 Å². The predicted octanol–water partition coefficient (Wildman–Crippen LogP) is 2.82. The molecule has 2 heterocycles. The summed E-state index contributed by atoms with van der Waals surface area (Å²) < 4.78 is 1.75. The Hall–Kier alpha value is -2.24. The molecule has 6 nitrogen and oxygen atoms in total. The van der Waals surface area contributed by atoms with Crippen LogP contribution in [0.2, 0.25) is 0 Å². The van der Waals surface area contributed by atoms with Gasteiger partial charge in [0.1, 0.15) is 0 Å². The molecule has 2 aliphatic carbocycles. The van der Waals surface area contributed by atoms with Gasteiger partial charge in [-0.3, -0.25) is 4.79 Å². The number of nitrogens with zero attached hydrogens (tertiary/aromatic N) is 4. The van der Waals surface area contributed by atoms with Crippen LogP contribution in [0, 0.1) is 6.92 Å². The Morgan fingerprint density at radius 3 is 2.76 bits per heavy atom. The van der Waals surface area contributed by atoms with Crippen molar-refractivity contribution in [3.8, 4) is 0 Å². The van der Waals surface area contributed by atoms with Crippen molar-refractivity contribution in [3.63, 3.8) is 0 Å². The van der Waals surface area contributed by atoms with Gasteiger partial charge in [0.2, 0.25) is 5.95 Å². The Morgan fingerprint density at radius 2 is 1.96 bits per heavy atom. The molecule has 0 spiro atoms. The maximum Gasteiger partial charge on any atom is 0.267 e. The number of fused-ring (bicyclic) bond motifs is 1. The molecule has 2 aliphatic rings. The molecule has 0 aromatic carbocycles. The third kappa shape index (κ3) is 3.57. The topological polar surface area (TPSA) is 72.7 Å². The van der Waals surface area contributed by atoms with Crippen LogP contribution in [-0.4, -0.2) is 25.8 Å². The maximum atomic E-state index is 12.5. The largest absolute Gasteiger partial charge is 0.351 e. The van der Waals surface area contributed by atoms with Crippen LogP contribution in [-0.2, 0) is 12.8 Å². The van der Waals surface area contributed by atoms with Gasteiger partial charge in [0.05, 0.1) is 11.7 Å². The molecule has 4 rings (SSSR count). The highest BCUT2D eigenvalue weighted by Gasteiger charge is 2.25. The van der Waals surface area contributed by atoms with Gasteiger partial charge in [0.25, 0.3) is 5.56 Å². The van der Waals surface area contributed by atoms with E-state index in [0.29, 0.717) is 12.0 Å². The third-order valence-electron chi connectivity index (χ3n) is 5.40. The standard InChI is InChI=1S/C19H25N5O/c1-13-10-11-20-19(21-13)22-15-6-8-16(9-7-15)24-18(25)12-14-4-2-3-5-17(14)23-24/h10-12,15-16H,2-9H2,1H3,(H,20,21,22). The van der Waals surface area contributed by atoms with Gasteiger partial charge in [-0.2, -0.15) is 5.10 Å². The van der Waals surface area contributed by atoms with Gasteiger partial charge in [-0.05, 0) is 69.9 Å². The molecule has 2 aromatic rings. The lowest BCUT2D eigenvalue weighted by atomic mass is 9.91. The molecule has 0 unspecified atom stereocenters. The molecule has 1 N–H and O–H groups in total. The Labute approximate surface area is 147 Å². The minimum Gasteiger partial charge on any atom is -0.351 e. The van der Waals surface area contributed by atoms with Crippen molar-refractivity contribution in [2.45, 2.75) is 70.4 Å². The zero-order chi connectivity index (χ0) is 17.2. The van der Waals surface area contributed by atoms with Gasteiger partial charge in [0.15, 0.2) is 0 Å². The number of nitrogens with one attached hydrogen (secondary N) is 1. The molecule has 0 atom stereocenters. The van der Waals surface area contributed by atoms with Crippen LogP contribution in [0.1, 0.15) is 61.5 Å². The molecule has 0 aliphatic heterocycles. The molecule has 2 aromatic heterocycles. The summed E-state index contributed by atoms with van der Waals surface area (Å²) in [7, 11) is 0. The fourth-order valence-corrected chi connectivity index (χ4v) is 4.00. The van der Waals surface area contributed by atoms with Crippen molar-refractivity contribution in [3.05, 3.63) is 45.6 Å². The lowest BCUT2D eigenvalue weighted by Crippen LogP contribution is -2.34. The normalized spacial score (nSPS) is 23.1. The van der Waals surface area contributed by atoms with E-state index in [0.717, 1.165) is 49.9 Å². The van der Waals surface area contributed by atoms with E-state index < -0.39 is 0 Å². The van der Waals surface area contributed by atoms with E-state index in [9.17, 15) is 4.79 Å². The molecular formula is C19H25N5O. The number of aryl methyl sites for hydroxylation is 3. The number of hydrogen-bond donors (Lipinski definition) is 1. The predicted molar refractivity (Wildman–Crippen MR) is 96.8 cm³/mol. The summed E-state index contributed by atoms with van der Waals surface area (Å²) in [5, 5.41) is 8.14. The SMILES string of the molecule is Cc1ccnc(NC2CCC(n3nc4c(cc3=O)CCCC4)CC2)n1. The minimum absolute atomic E-state index is 0.0686. The minimum atomic E-state index is 0.0686. The number of hydrogen-bond acceptors (Lipinski definition) is 5. The van der Waals surface area contributed by atoms with Crippen molar-refractivity contribution >= 4 is 5.95 Å². The Morgan fingerprint density at radius 1 is 1.16 bits per heavy atom. The first-order valence-corrected chi connectivity index (χ1v) is 9.37. The van der Waals surface area contributed by atoms with Crippen molar-refractivity contribution < 1.29 is 0 Å². The second kappa shape index (κ2) is 6.94. The van der Waals surface area contributed by atoms with Crippen molar-refractivity contribution in [1.29, 1.82) is 0 Å². The van der Waals surface area contributed by atoms with E-state index in [1.54, 1.807) is 10.9 Å². The molecule has 1 saturated carbocycles. The molecule has 0 saturated heterocycles. The average molecular weight is 339 g/mol. The van der Waals surface area contributed by atoms with Crippen molar-refractivity contribution in [2.75, 3.05) is 5.32 Å². The van der Waals surface area contributed by atoms with E-state index in [4.69, 9.17) is 5.10 Å². The van der Waals surface area contributed by atoms with Gasteiger partial charge in [0, 0.05) is 24.0 Å². The highest BCUT2D eigenvalue weighted by molar-refractivity contribution is 5.26. The third-order valence-corrected chi connectivity index (χ3v) is 5.40. The summed E-state index contributed by atoms with van der Waals surface area (Å²) >= 11 is 0. The summed E-state index contributed by atoms with van der Waals surface area (Å²) in [5.41, 5.74) is 3.34. The van der Waals surface area contributed by atoms with Crippen LogP contribution in [0.4, 0.5) is 5.95 Å². The second-order valence-electron chi connectivity index (χ2n) is 7.28. The molecule has 132 valence electrons.